The van der Waals surface area contributed by atoms with Crippen LogP contribution in [0.2, 0.25) is 18.6 Å². The normalized spacial score (nSPS) is 21.6. The minimum atomic E-state index is -1.82. The Balaban J connectivity index is 2.10. The minimum Gasteiger partial charge on any atom is -0.331 e. The average molecular weight is 352 g/mol. The van der Waals surface area contributed by atoms with Gasteiger partial charge in [-0.2, -0.15) is 0 Å². The molecule has 2 atom stereocenters. The van der Waals surface area contributed by atoms with Gasteiger partial charge >= 0.3 is 0 Å². The standard InChI is InChI=1S/C22H29NOSi/c1-22(2,3)23-20(24)16-19(21(23)17-12-8-6-9-13-17)25(4,5)18-14-10-7-11-15-18/h6-15,19,21H,16H2,1-5H3/t19-,21+/m0/s1. The Hall–Kier alpha value is -1.87. The first kappa shape index (κ1) is 17.9. The van der Waals surface area contributed by atoms with E-state index < -0.39 is 8.07 Å². The topological polar surface area (TPSA) is 20.3 Å². The quantitative estimate of drug-likeness (QED) is 0.731. The van der Waals surface area contributed by atoms with E-state index in [0.29, 0.717) is 17.9 Å². The van der Waals surface area contributed by atoms with Crippen molar-refractivity contribution in [2.45, 2.75) is 57.4 Å². The molecule has 1 heterocycles. The van der Waals surface area contributed by atoms with E-state index in [1.54, 1.807) is 0 Å². The van der Waals surface area contributed by atoms with Gasteiger partial charge in [0.05, 0.1) is 14.1 Å². The SMILES string of the molecule is CC(C)(C)N1C(=O)C[C@H]([Si](C)(C)c2ccccc2)[C@H]1c1ccccc1. The van der Waals surface area contributed by atoms with E-state index in [-0.39, 0.29) is 11.6 Å². The third-order valence-electron chi connectivity index (χ3n) is 5.63. The van der Waals surface area contributed by atoms with Crippen LogP contribution in [0.1, 0.15) is 38.8 Å². The lowest BCUT2D eigenvalue weighted by molar-refractivity contribution is -0.133. The number of rotatable bonds is 3. The Morgan fingerprint density at radius 3 is 1.96 bits per heavy atom. The lowest BCUT2D eigenvalue weighted by Gasteiger charge is -2.42. The molecule has 0 aromatic heterocycles. The molecule has 1 amide bonds. The molecular weight excluding hydrogens is 322 g/mol. The first-order valence-electron chi connectivity index (χ1n) is 9.15. The van der Waals surface area contributed by atoms with Crippen LogP contribution in [0.5, 0.6) is 0 Å². The summed E-state index contributed by atoms with van der Waals surface area (Å²) in [5, 5.41) is 1.43. The molecular formula is C22H29NOSi. The van der Waals surface area contributed by atoms with Gasteiger partial charge in [0.15, 0.2) is 0 Å². The molecule has 1 aliphatic heterocycles. The molecule has 1 saturated heterocycles. The summed E-state index contributed by atoms with van der Waals surface area (Å²) in [4.78, 5) is 15.2. The van der Waals surface area contributed by atoms with Gasteiger partial charge in [-0.3, -0.25) is 4.79 Å². The maximum atomic E-state index is 13.0. The number of amides is 1. The minimum absolute atomic E-state index is 0.163. The van der Waals surface area contributed by atoms with Gasteiger partial charge in [-0.25, -0.2) is 0 Å². The summed E-state index contributed by atoms with van der Waals surface area (Å²) >= 11 is 0. The highest BCUT2D eigenvalue weighted by molar-refractivity contribution is 6.91. The van der Waals surface area contributed by atoms with E-state index in [9.17, 15) is 4.79 Å². The zero-order valence-corrected chi connectivity index (χ0v) is 17.0. The molecule has 0 spiro atoms. The predicted molar refractivity (Wildman–Crippen MR) is 108 cm³/mol. The second-order valence-electron chi connectivity index (χ2n) is 8.69. The Morgan fingerprint density at radius 2 is 1.44 bits per heavy atom. The van der Waals surface area contributed by atoms with Crippen molar-refractivity contribution >= 4 is 19.2 Å². The molecule has 3 heteroatoms. The van der Waals surface area contributed by atoms with Crippen molar-refractivity contribution in [1.29, 1.82) is 0 Å². The van der Waals surface area contributed by atoms with E-state index in [1.807, 2.05) is 0 Å². The van der Waals surface area contributed by atoms with Crippen molar-refractivity contribution in [2.75, 3.05) is 0 Å². The van der Waals surface area contributed by atoms with Crippen LogP contribution in [0.4, 0.5) is 0 Å². The maximum absolute atomic E-state index is 13.0. The molecule has 0 radical (unpaired) electrons. The Bertz CT molecular complexity index is 734. The van der Waals surface area contributed by atoms with E-state index >= 15 is 0 Å². The van der Waals surface area contributed by atoms with E-state index in [2.05, 4.69) is 99.4 Å². The second-order valence-corrected chi connectivity index (χ2v) is 13.5. The largest absolute Gasteiger partial charge is 0.331 e. The van der Waals surface area contributed by atoms with Crippen molar-refractivity contribution < 1.29 is 4.79 Å². The molecule has 2 nitrogen and oxygen atoms in total. The number of hydrogen-bond donors (Lipinski definition) is 0. The van der Waals surface area contributed by atoms with Crippen molar-refractivity contribution in [3.05, 3.63) is 66.2 Å². The monoisotopic (exact) mass is 351 g/mol. The summed E-state index contributed by atoms with van der Waals surface area (Å²) in [6, 6.07) is 21.6. The molecule has 0 unspecified atom stereocenters. The van der Waals surface area contributed by atoms with Crippen LogP contribution in [0.25, 0.3) is 0 Å². The number of benzene rings is 2. The number of likely N-dealkylation sites (tertiary alicyclic amines) is 1. The molecule has 0 bridgehead atoms. The first-order chi connectivity index (χ1) is 11.7. The number of carbonyl (C=O) groups excluding carboxylic acids is 1. The van der Waals surface area contributed by atoms with Crippen LogP contribution in [-0.2, 0) is 4.79 Å². The molecule has 2 aromatic carbocycles. The Labute approximate surface area is 152 Å². The van der Waals surface area contributed by atoms with Crippen LogP contribution >= 0.6 is 0 Å². The van der Waals surface area contributed by atoms with Crippen LogP contribution in [0, 0.1) is 0 Å². The highest BCUT2D eigenvalue weighted by atomic mass is 28.3. The fourth-order valence-electron chi connectivity index (χ4n) is 4.29. The molecule has 0 saturated carbocycles. The molecule has 132 valence electrons. The second kappa shape index (κ2) is 6.45. The Kier molecular flexibility index (Phi) is 4.63. The van der Waals surface area contributed by atoms with Gasteiger partial charge < -0.3 is 4.90 Å². The lowest BCUT2D eigenvalue weighted by Crippen LogP contribution is -2.49. The van der Waals surface area contributed by atoms with Crippen molar-refractivity contribution in [1.82, 2.24) is 4.90 Å². The highest BCUT2D eigenvalue weighted by Crippen LogP contribution is 2.50. The van der Waals surface area contributed by atoms with E-state index in [4.69, 9.17) is 0 Å². The van der Waals surface area contributed by atoms with Crippen LogP contribution in [0.3, 0.4) is 0 Å². The van der Waals surface area contributed by atoms with Gasteiger partial charge in [0.1, 0.15) is 0 Å². The van der Waals surface area contributed by atoms with Crippen LogP contribution in [-0.4, -0.2) is 24.4 Å². The van der Waals surface area contributed by atoms with Gasteiger partial charge in [-0.15, -0.1) is 0 Å². The van der Waals surface area contributed by atoms with Gasteiger partial charge in [0, 0.05) is 12.0 Å². The molecule has 1 fully saturated rings. The molecule has 3 rings (SSSR count). The molecule has 1 aliphatic rings. The van der Waals surface area contributed by atoms with E-state index in [1.165, 1.54) is 10.8 Å². The zero-order chi connectivity index (χ0) is 18.2. The van der Waals surface area contributed by atoms with Crippen LogP contribution < -0.4 is 5.19 Å². The van der Waals surface area contributed by atoms with Crippen molar-refractivity contribution in [2.24, 2.45) is 0 Å². The summed E-state index contributed by atoms with van der Waals surface area (Å²) in [5.74, 6) is 0.294. The molecule has 0 aliphatic carbocycles. The maximum Gasteiger partial charge on any atom is 0.223 e. The van der Waals surface area contributed by atoms with Crippen molar-refractivity contribution in [3.63, 3.8) is 0 Å². The Morgan fingerprint density at radius 1 is 0.920 bits per heavy atom. The average Bonchev–Trinajstić information content (AvgIpc) is 2.95. The number of nitrogens with zero attached hydrogens (tertiary/aromatic N) is 1. The molecule has 2 aromatic rings. The smallest absolute Gasteiger partial charge is 0.223 e. The lowest BCUT2D eigenvalue weighted by atomic mass is 9.99. The van der Waals surface area contributed by atoms with Gasteiger partial charge in [0.25, 0.3) is 0 Å². The summed E-state index contributed by atoms with van der Waals surface area (Å²) < 4.78 is 0. The molecule has 0 N–H and O–H groups in total. The summed E-state index contributed by atoms with van der Waals surface area (Å²) in [5.41, 5.74) is 1.47. The fourth-order valence-corrected chi connectivity index (χ4v) is 7.58. The predicted octanol–water partition coefficient (Wildman–Crippen LogP) is 4.74. The summed E-state index contributed by atoms with van der Waals surface area (Å²) in [6.07, 6.45) is 0.658. The van der Waals surface area contributed by atoms with Gasteiger partial charge in [-0.1, -0.05) is 78.9 Å². The summed E-state index contributed by atoms with van der Waals surface area (Å²) in [7, 11) is -1.82. The van der Waals surface area contributed by atoms with Crippen LogP contribution in [0.15, 0.2) is 60.7 Å². The highest BCUT2D eigenvalue weighted by Gasteiger charge is 2.51. The van der Waals surface area contributed by atoms with Gasteiger partial charge in [0.2, 0.25) is 5.91 Å². The van der Waals surface area contributed by atoms with E-state index in [0.717, 1.165) is 0 Å². The fraction of sp³-hybridized carbons (Fsp3) is 0.409. The molecule has 25 heavy (non-hydrogen) atoms. The first-order valence-corrected chi connectivity index (χ1v) is 12.2. The third-order valence-corrected chi connectivity index (χ3v) is 9.83. The zero-order valence-electron chi connectivity index (χ0n) is 16.0. The third kappa shape index (κ3) is 3.30. The van der Waals surface area contributed by atoms with Gasteiger partial charge in [-0.05, 0) is 31.9 Å². The summed E-state index contributed by atoms with van der Waals surface area (Å²) in [6.45, 7) is 11.3. The number of hydrogen-bond acceptors (Lipinski definition) is 1. The number of carbonyl (C=O) groups is 1. The van der Waals surface area contributed by atoms with Crippen molar-refractivity contribution in [3.8, 4) is 0 Å².